The lowest BCUT2D eigenvalue weighted by molar-refractivity contribution is -0.134. The summed E-state index contributed by atoms with van der Waals surface area (Å²) in [5.74, 6) is 0.198. The van der Waals surface area contributed by atoms with E-state index in [1.54, 1.807) is 0 Å². The van der Waals surface area contributed by atoms with Crippen LogP contribution < -0.4 is 10.6 Å². The number of carbonyl (C=O) groups is 2. The molecule has 2 amide bonds. The zero-order chi connectivity index (χ0) is 18.4. The molecule has 1 aromatic carbocycles. The summed E-state index contributed by atoms with van der Waals surface area (Å²) < 4.78 is 5.24. The van der Waals surface area contributed by atoms with Crippen molar-refractivity contribution in [3.63, 3.8) is 0 Å². The molecule has 1 saturated heterocycles. The molecule has 3 rings (SSSR count). The van der Waals surface area contributed by atoms with Crippen LogP contribution in [0.4, 0.5) is 4.79 Å². The summed E-state index contributed by atoms with van der Waals surface area (Å²) in [4.78, 5) is 26.2. The Hall–Kier alpha value is -2.08. The van der Waals surface area contributed by atoms with Gasteiger partial charge in [0.25, 0.3) is 0 Å². The average Bonchev–Trinajstić information content (AvgIpc) is 2.65. The second kappa shape index (κ2) is 9.03. The summed E-state index contributed by atoms with van der Waals surface area (Å²) in [7, 11) is 0. The van der Waals surface area contributed by atoms with Crippen LogP contribution in [0.5, 0.6) is 0 Å². The highest BCUT2D eigenvalue weighted by Gasteiger charge is 2.33. The zero-order valence-electron chi connectivity index (χ0n) is 15.4. The third-order valence-corrected chi connectivity index (χ3v) is 5.20. The van der Waals surface area contributed by atoms with Gasteiger partial charge in [0.15, 0.2) is 0 Å². The molecule has 2 N–H and O–H groups in total. The maximum atomic E-state index is 12.4. The molecule has 1 saturated carbocycles. The number of alkyl carbamates (subject to hydrolysis) is 1. The molecule has 0 radical (unpaired) electrons. The predicted octanol–water partition coefficient (Wildman–Crippen LogP) is 2.43. The lowest BCUT2D eigenvalue weighted by Gasteiger charge is -2.38. The Morgan fingerprint density at radius 1 is 1.12 bits per heavy atom. The smallest absolute Gasteiger partial charge is 0.407 e. The monoisotopic (exact) mass is 359 g/mol. The van der Waals surface area contributed by atoms with E-state index in [2.05, 4.69) is 10.6 Å². The minimum Gasteiger partial charge on any atom is -0.445 e. The van der Waals surface area contributed by atoms with E-state index in [1.165, 1.54) is 6.42 Å². The van der Waals surface area contributed by atoms with E-state index in [0.29, 0.717) is 0 Å². The molecule has 1 unspecified atom stereocenters. The number of benzene rings is 1. The van der Waals surface area contributed by atoms with Crippen LogP contribution in [0.1, 0.15) is 44.6 Å². The molecule has 2 fully saturated rings. The molecular formula is C20H29N3O3. The number of carbonyl (C=O) groups excluding carboxylic acids is 2. The topological polar surface area (TPSA) is 70.7 Å². The van der Waals surface area contributed by atoms with Gasteiger partial charge in [0.2, 0.25) is 5.91 Å². The van der Waals surface area contributed by atoms with Gasteiger partial charge in [-0.05, 0) is 44.6 Å². The molecule has 142 valence electrons. The molecule has 26 heavy (non-hydrogen) atoms. The molecule has 2 aliphatic rings. The fraction of sp³-hybridized carbons (Fsp3) is 0.600. The summed E-state index contributed by atoms with van der Waals surface area (Å²) in [5, 5.41) is 6.28. The second-order valence-electron chi connectivity index (χ2n) is 7.35. The molecule has 1 atom stereocenters. The van der Waals surface area contributed by atoms with E-state index >= 15 is 0 Å². The molecule has 1 aromatic rings. The SMILES string of the molecule is CC(NC1CC(NC(=O)OCc2ccccc2)C1)C(=O)N1CCCCC1. The van der Waals surface area contributed by atoms with Gasteiger partial charge in [0.1, 0.15) is 6.61 Å². The van der Waals surface area contributed by atoms with Gasteiger partial charge < -0.3 is 20.3 Å². The van der Waals surface area contributed by atoms with Crippen molar-refractivity contribution < 1.29 is 14.3 Å². The third-order valence-electron chi connectivity index (χ3n) is 5.20. The van der Waals surface area contributed by atoms with E-state index in [1.807, 2.05) is 42.2 Å². The number of amides is 2. The Morgan fingerprint density at radius 2 is 1.81 bits per heavy atom. The molecular weight excluding hydrogens is 330 g/mol. The first-order chi connectivity index (χ1) is 12.6. The van der Waals surface area contributed by atoms with E-state index < -0.39 is 0 Å². The van der Waals surface area contributed by atoms with Crippen LogP contribution in [0.2, 0.25) is 0 Å². The van der Waals surface area contributed by atoms with E-state index in [0.717, 1.165) is 44.3 Å². The van der Waals surface area contributed by atoms with Gasteiger partial charge in [-0.3, -0.25) is 4.79 Å². The highest BCUT2D eigenvalue weighted by molar-refractivity contribution is 5.81. The van der Waals surface area contributed by atoms with Crippen LogP contribution in [0.25, 0.3) is 0 Å². The van der Waals surface area contributed by atoms with Crippen molar-refractivity contribution in [1.82, 2.24) is 15.5 Å². The number of hydrogen-bond donors (Lipinski definition) is 2. The largest absolute Gasteiger partial charge is 0.445 e. The molecule has 0 aromatic heterocycles. The summed E-state index contributed by atoms with van der Waals surface area (Å²) in [6.07, 6.45) is 4.73. The number of nitrogens with zero attached hydrogens (tertiary/aromatic N) is 1. The van der Waals surface area contributed by atoms with Crippen molar-refractivity contribution >= 4 is 12.0 Å². The quantitative estimate of drug-likeness (QED) is 0.818. The molecule has 0 spiro atoms. The molecule has 6 nitrogen and oxygen atoms in total. The van der Waals surface area contributed by atoms with Crippen LogP contribution in [-0.2, 0) is 16.1 Å². The van der Waals surface area contributed by atoms with Crippen LogP contribution in [0.15, 0.2) is 30.3 Å². The first kappa shape index (κ1) is 18.7. The number of hydrogen-bond acceptors (Lipinski definition) is 4. The lowest BCUT2D eigenvalue weighted by atomic mass is 9.86. The van der Waals surface area contributed by atoms with Gasteiger partial charge >= 0.3 is 6.09 Å². The van der Waals surface area contributed by atoms with Crippen LogP contribution in [0.3, 0.4) is 0 Å². The number of rotatable bonds is 6. The van der Waals surface area contributed by atoms with Crippen molar-refractivity contribution in [1.29, 1.82) is 0 Å². The Morgan fingerprint density at radius 3 is 2.50 bits per heavy atom. The highest BCUT2D eigenvalue weighted by Crippen LogP contribution is 2.21. The summed E-state index contributed by atoms with van der Waals surface area (Å²) in [6.45, 7) is 3.98. The van der Waals surface area contributed by atoms with Gasteiger partial charge in [-0.15, -0.1) is 0 Å². The molecule has 0 bridgehead atoms. The van der Waals surface area contributed by atoms with Crippen molar-refractivity contribution in [2.45, 2.75) is 63.8 Å². The van der Waals surface area contributed by atoms with E-state index in [-0.39, 0.29) is 36.7 Å². The fourth-order valence-electron chi connectivity index (χ4n) is 3.62. The predicted molar refractivity (Wildman–Crippen MR) is 99.6 cm³/mol. The Labute approximate surface area is 155 Å². The molecule has 1 heterocycles. The van der Waals surface area contributed by atoms with E-state index in [4.69, 9.17) is 4.74 Å². The zero-order valence-corrected chi connectivity index (χ0v) is 15.4. The first-order valence-electron chi connectivity index (χ1n) is 9.64. The number of ether oxygens (including phenoxy) is 1. The van der Waals surface area contributed by atoms with E-state index in [9.17, 15) is 9.59 Å². The van der Waals surface area contributed by atoms with Gasteiger partial charge in [-0.25, -0.2) is 4.79 Å². The molecule has 6 heteroatoms. The van der Waals surface area contributed by atoms with Crippen molar-refractivity contribution in [2.75, 3.05) is 13.1 Å². The molecule has 1 aliphatic carbocycles. The second-order valence-corrected chi connectivity index (χ2v) is 7.35. The summed E-state index contributed by atoms with van der Waals surface area (Å²) >= 11 is 0. The van der Waals surface area contributed by atoms with Crippen molar-refractivity contribution in [3.05, 3.63) is 35.9 Å². The van der Waals surface area contributed by atoms with Crippen molar-refractivity contribution in [2.24, 2.45) is 0 Å². The number of nitrogens with one attached hydrogen (secondary N) is 2. The van der Waals surface area contributed by atoms with Crippen LogP contribution in [0, 0.1) is 0 Å². The highest BCUT2D eigenvalue weighted by atomic mass is 16.5. The average molecular weight is 359 g/mol. The minimum absolute atomic E-state index is 0.119. The van der Waals surface area contributed by atoms with Gasteiger partial charge in [-0.2, -0.15) is 0 Å². The normalized spacial score (nSPS) is 23.7. The number of likely N-dealkylation sites (tertiary alicyclic amines) is 1. The third kappa shape index (κ3) is 5.21. The molecule has 1 aliphatic heterocycles. The van der Waals surface area contributed by atoms with Gasteiger partial charge in [0, 0.05) is 25.2 Å². The Kier molecular flexibility index (Phi) is 6.50. The fourth-order valence-corrected chi connectivity index (χ4v) is 3.62. The maximum Gasteiger partial charge on any atom is 0.407 e. The van der Waals surface area contributed by atoms with Gasteiger partial charge in [0.05, 0.1) is 6.04 Å². The summed E-state index contributed by atoms with van der Waals surface area (Å²) in [6, 6.07) is 9.86. The maximum absolute atomic E-state index is 12.4. The number of piperidine rings is 1. The van der Waals surface area contributed by atoms with Gasteiger partial charge in [-0.1, -0.05) is 30.3 Å². The van der Waals surface area contributed by atoms with Crippen molar-refractivity contribution in [3.8, 4) is 0 Å². The standard InChI is InChI=1S/C20H29N3O3/c1-15(19(24)23-10-6-3-7-11-23)21-17-12-18(13-17)22-20(25)26-14-16-8-4-2-5-9-16/h2,4-5,8-9,15,17-18,21H,3,6-7,10-14H2,1H3,(H,22,25). The van der Waals surface area contributed by atoms with Crippen LogP contribution >= 0.6 is 0 Å². The van der Waals surface area contributed by atoms with Crippen LogP contribution in [-0.4, -0.2) is 48.1 Å². The Balaban J connectivity index is 1.31. The Bertz CT molecular complexity index is 596. The minimum atomic E-state index is -0.380. The lowest BCUT2D eigenvalue weighted by Crippen LogP contribution is -2.57. The first-order valence-corrected chi connectivity index (χ1v) is 9.64. The summed E-state index contributed by atoms with van der Waals surface area (Å²) in [5.41, 5.74) is 0.973.